The number of rotatable bonds is 6. The first-order chi connectivity index (χ1) is 11.9. The molecule has 2 aromatic rings. The first-order valence-electron chi connectivity index (χ1n) is 8.51. The quantitative estimate of drug-likeness (QED) is 0.879. The van der Waals surface area contributed by atoms with Gasteiger partial charge in [0.25, 0.3) is 0 Å². The second kappa shape index (κ2) is 8.62. The molecule has 2 rings (SSSR count). The average Bonchev–Trinajstić information content (AvgIpc) is 2.56. The van der Waals surface area contributed by atoms with E-state index >= 15 is 0 Å². The molecule has 1 N–H and O–H groups in total. The molecule has 5 nitrogen and oxygen atoms in total. The smallest absolute Gasteiger partial charge is 0.317 e. The summed E-state index contributed by atoms with van der Waals surface area (Å²) >= 11 is 0. The van der Waals surface area contributed by atoms with Crippen LogP contribution in [0, 0.1) is 13.8 Å². The molecule has 25 heavy (non-hydrogen) atoms. The highest BCUT2D eigenvalue weighted by molar-refractivity contribution is 5.73. The van der Waals surface area contributed by atoms with E-state index in [0.717, 1.165) is 11.3 Å². The number of pyridine rings is 1. The standard InChI is InChI=1S/C20H28N4O/c1-15-8-6-7-9-18(15)19(23(3)4)13-22-20(25)24(5)14-17-10-11-21-16(2)12-17/h6-12,19H,13-14H2,1-5H3,(H,22,25). The molecule has 2 amide bonds. The van der Waals surface area contributed by atoms with Crippen molar-refractivity contribution in [3.63, 3.8) is 0 Å². The number of nitrogens with zero attached hydrogens (tertiary/aromatic N) is 3. The van der Waals surface area contributed by atoms with E-state index in [1.165, 1.54) is 11.1 Å². The van der Waals surface area contributed by atoms with Gasteiger partial charge in [-0.2, -0.15) is 0 Å². The minimum Gasteiger partial charge on any atom is -0.336 e. The van der Waals surface area contributed by atoms with E-state index in [0.29, 0.717) is 13.1 Å². The molecule has 0 saturated carbocycles. The van der Waals surface area contributed by atoms with Crippen LogP contribution in [-0.4, -0.2) is 48.5 Å². The number of urea groups is 1. The largest absolute Gasteiger partial charge is 0.336 e. The molecule has 0 aliphatic rings. The lowest BCUT2D eigenvalue weighted by Gasteiger charge is -2.27. The molecule has 0 aliphatic carbocycles. The highest BCUT2D eigenvalue weighted by atomic mass is 16.2. The zero-order valence-electron chi connectivity index (χ0n) is 15.8. The van der Waals surface area contributed by atoms with Crippen molar-refractivity contribution < 1.29 is 4.79 Å². The van der Waals surface area contributed by atoms with Gasteiger partial charge in [0.15, 0.2) is 0 Å². The van der Waals surface area contributed by atoms with Crippen molar-refractivity contribution in [3.8, 4) is 0 Å². The van der Waals surface area contributed by atoms with E-state index in [-0.39, 0.29) is 12.1 Å². The van der Waals surface area contributed by atoms with Gasteiger partial charge in [-0.15, -0.1) is 0 Å². The zero-order chi connectivity index (χ0) is 18.4. The summed E-state index contributed by atoms with van der Waals surface area (Å²) in [7, 11) is 5.88. The third kappa shape index (κ3) is 5.29. The molecule has 1 atom stereocenters. The van der Waals surface area contributed by atoms with Crippen LogP contribution in [0.1, 0.15) is 28.4 Å². The van der Waals surface area contributed by atoms with E-state index in [1.54, 1.807) is 11.1 Å². The highest BCUT2D eigenvalue weighted by Crippen LogP contribution is 2.21. The topological polar surface area (TPSA) is 48.5 Å². The van der Waals surface area contributed by atoms with Gasteiger partial charge in [-0.05, 0) is 56.8 Å². The number of likely N-dealkylation sites (N-methyl/N-ethyl adjacent to an activating group) is 1. The van der Waals surface area contributed by atoms with Gasteiger partial charge in [0, 0.05) is 32.0 Å². The van der Waals surface area contributed by atoms with Crippen LogP contribution in [-0.2, 0) is 6.54 Å². The molecular formula is C20H28N4O. The van der Waals surface area contributed by atoms with Crippen LogP contribution in [0.4, 0.5) is 4.79 Å². The van der Waals surface area contributed by atoms with E-state index in [9.17, 15) is 4.79 Å². The number of hydrogen-bond acceptors (Lipinski definition) is 3. The van der Waals surface area contributed by atoms with Crippen molar-refractivity contribution in [3.05, 3.63) is 65.0 Å². The SMILES string of the molecule is Cc1cc(CN(C)C(=O)NCC(c2ccccc2C)N(C)C)ccn1. The van der Waals surface area contributed by atoms with Crippen LogP contribution >= 0.6 is 0 Å². The number of aromatic nitrogens is 1. The minimum absolute atomic E-state index is 0.0742. The molecule has 0 radical (unpaired) electrons. The Morgan fingerprint density at radius 2 is 1.88 bits per heavy atom. The van der Waals surface area contributed by atoms with Crippen molar-refractivity contribution in [2.24, 2.45) is 0 Å². The maximum absolute atomic E-state index is 12.5. The average molecular weight is 340 g/mol. The van der Waals surface area contributed by atoms with E-state index in [2.05, 4.69) is 34.3 Å². The van der Waals surface area contributed by atoms with Gasteiger partial charge in [0.1, 0.15) is 0 Å². The Morgan fingerprint density at radius 1 is 1.16 bits per heavy atom. The number of carbonyl (C=O) groups is 1. The normalized spacial score (nSPS) is 12.1. The molecule has 0 aliphatic heterocycles. The molecule has 0 bridgehead atoms. The second-order valence-corrected chi connectivity index (χ2v) is 6.68. The lowest BCUT2D eigenvalue weighted by Crippen LogP contribution is -2.41. The lowest BCUT2D eigenvalue weighted by atomic mass is 10.0. The summed E-state index contributed by atoms with van der Waals surface area (Å²) in [6.45, 7) is 5.18. The van der Waals surface area contributed by atoms with E-state index in [1.807, 2.05) is 52.3 Å². The molecule has 1 unspecified atom stereocenters. The van der Waals surface area contributed by atoms with Crippen LogP contribution in [0.2, 0.25) is 0 Å². The van der Waals surface area contributed by atoms with Crippen molar-refractivity contribution in [1.29, 1.82) is 0 Å². The number of aryl methyl sites for hydroxylation is 2. The predicted molar refractivity (Wildman–Crippen MR) is 101 cm³/mol. The van der Waals surface area contributed by atoms with Crippen LogP contribution in [0.25, 0.3) is 0 Å². The molecule has 1 aromatic carbocycles. The van der Waals surface area contributed by atoms with Gasteiger partial charge in [-0.25, -0.2) is 4.79 Å². The summed E-state index contributed by atoms with van der Waals surface area (Å²) in [5, 5.41) is 3.05. The molecule has 0 fully saturated rings. The molecular weight excluding hydrogens is 312 g/mol. The number of carbonyl (C=O) groups excluding carboxylic acids is 1. The van der Waals surface area contributed by atoms with Crippen LogP contribution < -0.4 is 5.32 Å². The lowest BCUT2D eigenvalue weighted by molar-refractivity contribution is 0.200. The monoisotopic (exact) mass is 340 g/mol. The Bertz CT molecular complexity index is 714. The summed E-state index contributed by atoms with van der Waals surface area (Å²) < 4.78 is 0. The van der Waals surface area contributed by atoms with E-state index < -0.39 is 0 Å². The van der Waals surface area contributed by atoms with Crippen LogP contribution in [0.15, 0.2) is 42.6 Å². The minimum atomic E-state index is -0.0742. The van der Waals surface area contributed by atoms with Crippen molar-refractivity contribution in [1.82, 2.24) is 20.1 Å². The maximum atomic E-state index is 12.5. The van der Waals surface area contributed by atoms with Crippen molar-refractivity contribution in [2.45, 2.75) is 26.4 Å². The summed E-state index contributed by atoms with van der Waals surface area (Å²) in [6, 6.07) is 12.3. The third-order valence-corrected chi connectivity index (χ3v) is 4.34. The molecule has 5 heteroatoms. The Kier molecular flexibility index (Phi) is 6.53. The number of nitrogens with one attached hydrogen (secondary N) is 1. The van der Waals surface area contributed by atoms with E-state index in [4.69, 9.17) is 0 Å². The van der Waals surface area contributed by atoms with Gasteiger partial charge < -0.3 is 15.1 Å². The summed E-state index contributed by atoms with van der Waals surface area (Å²) in [4.78, 5) is 20.5. The Labute approximate surface area is 150 Å². The number of amides is 2. The fourth-order valence-electron chi connectivity index (χ4n) is 2.90. The number of benzene rings is 1. The highest BCUT2D eigenvalue weighted by Gasteiger charge is 2.18. The molecule has 134 valence electrons. The van der Waals surface area contributed by atoms with Crippen LogP contribution in [0.3, 0.4) is 0 Å². The zero-order valence-corrected chi connectivity index (χ0v) is 15.8. The summed E-state index contributed by atoms with van der Waals surface area (Å²) in [5.74, 6) is 0. The predicted octanol–water partition coefficient (Wildman–Crippen LogP) is 3.14. The summed E-state index contributed by atoms with van der Waals surface area (Å²) in [6.07, 6.45) is 1.77. The Morgan fingerprint density at radius 3 is 2.52 bits per heavy atom. The Hall–Kier alpha value is -2.40. The fraction of sp³-hybridized carbons (Fsp3) is 0.400. The first-order valence-corrected chi connectivity index (χ1v) is 8.51. The molecule has 1 aromatic heterocycles. The van der Waals surface area contributed by atoms with Crippen molar-refractivity contribution >= 4 is 6.03 Å². The van der Waals surface area contributed by atoms with Gasteiger partial charge >= 0.3 is 6.03 Å². The maximum Gasteiger partial charge on any atom is 0.317 e. The number of hydrogen-bond donors (Lipinski definition) is 1. The van der Waals surface area contributed by atoms with Crippen LogP contribution in [0.5, 0.6) is 0 Å². The van der Waals surface area contributed by atoms with Gasteiger partial charge in [-0.1, -0.05) is 24.3 Å². The van der Waals surface area contributed by atoms with Crippen molar-refractivity contribution in [2.75, 3.05) is 27.7 Å². The van der Waals surface area contributed by atoms with Gasteiger partial charge in [0.2, 0.25) is 0 Å². The second-order valence-electron chi connectivity index (χ2n) is 6.68. The summed E-state index contributed by atoms with van der Waals surface area (Å²) in [5.41, 5.74) is 4.50. The third-order valence-electron chi connectivity index (χ3n) is 4.34. The molecule has 1 heterocycles. The van der Waals surface area contributed by atoms with Gasteiger partial charge in [0.05, 0.1) is 6.04 Å². The first kappa shape index (κ1) is 18.9. The molecule has 0 spiro atoms. The fourth-order valence-corrected chi connectivity index (χ4v) is 2.90. The Balaban J connectivity index is 1.98. The molecule has 0 saturated heterocycles. The van der Waals surface area contributed by atoms with Gasteiger partial charge in [-0.3, -0.25) is 4.98 Å².